The molecule has 0 radical (unpaired) electrons. The van der Waals surface area contributed by atoms with Crippen molar-refractivity contribution in [1.29, 1.82) is 0 Å². The monoisotopic (exact) mass is 927 g/mol. The van der Waals surface area contributed by atoms with Crippen molar-refractivity contribution in [3.63, 3.8) is 0 Å². The van der Waals surface area contributed by atoms with Crippen LogP contribution in [0.25, 0.3) is 0 Å². The Morgan fingerprint density at radius 1 is 0.710 bits per heavy atom. The minimum Gasteiger partial charge on any atom is -0.486 e. The molecule has 3 aromatic rings. The van der Waals surface area contributed by atoms with E-state index < -0.39 is 5.97 Å². The van der Waals surface area contributed by atoms with E-state index in [1.165, 1.54) is 0 Å². The molecule has 11 heteroatoms. The van der Waals surface area contributed by atoms with Crippen LogP contribution in [0.2, 0.25) is 0 Å². The van der Waals surface area contributed by atoms with Crippen LogP contribution in [-0.2, 0) is 6.61 Å². The van der Waals surface area contributed by atoms with Crippen LogP contribution >= 0.6 is 127 Å². The Hall–Kier alpha value is 0.770. The second kappa shape index (κ2) is 11.5. The van der Waals surface area contributed by atoms with E-state index in [1.54, 1.807) is 24.3 Å². The second-order valence-corrected chi connectivity index (χ2v) is 12.5. The van der Waals surface area contributed by atoms with Gasteiger partial charge >= 0.3 is 5.97 Å². The first-order valence-electron chi connectivity index (χ1n) is 8.20. The van der Waals surface area contributed by atoms with Crippen molar-refractivity contribution in [2.45, 2.75) is 6.61 Å². The van der Waals surface area contributed by atoms with Crippen LogP contribution in [0.15, 0.2) is 72.2 Å². The molecule has 162 valence electrons. The van der Waals surface area contributed by atoms with Crippen molar-refractivity contribution in [3.8, 4) is 11.5 Å². The summed E-state index contributed by atoms with van der Waals surface area (Å²) in [6.07, 6.45) is 0. The van der Waals surface area contributed by atoms with Crippen LogP contribution in [-0.4, -0.2) is 5.97 Å². The van der Waals surface area contributed by atoms with Gasteiger partial charge in [-0.05, 0) is 130 Å². The predicted octanol–water partition coefficient (Wildman–Crippen LogP) is 10.6. The zero-order valence-corrected chi connectivity index (χ0v) is 27.6. The molecule has 0 aliphatic carbocycles. The number of hydrogen-bond donors (Lipinski definition) is 0. The summed E-state index contributed by atoms with van der Waals surface area (Å²) in [5.41, 5.74) is 1.09. The predicted molar refractivity (Wildman–Crippen MR) is 150 cm³/mol. The highest BCUT2D eigenvalue weighted by Crippen LogP contribution is 2.48. The molecule has 0 saturated heterocycles. The molecule has 0 unspecified atom stereocenters. The third-order valence-electron chi connectivity index (χ3n) is 3.94. The molecule has 0 N–H and O–H groups in total. The van der Waals surface area contributed by atoms with Crippen LogP contribution in [0.1, 0.15) is 15.9 Å². The van der Waals surface area contributed by atoms with Crippen LogP contribution < -0.4 is 9.47 Å². The topological polar surface area (TPSA) is 35.5 Å². The number of carbonyl (C=O) groups is 1. The molecule has 0 spiro atoms. The van der Waals surface area contributed by atoms with Crippen molar-refractivity contribution in [1.82, 2.24) is 0 Å². The fourth-order valence-corrected chi connectivity index (χ4v) is 8.14. The molecule has 0 aromatic heterocycles. The molecule has 31 heavy (non-hydrogen) atoms. The Morgan fingerprint density at radius 2 is 1.23 bits per heavy atom. The minimum atomic E-state index is -0.487. The lowest BCUT2D eigenvalue weighted by Gasteiger charge is -2.16. The summed E-state index contributed by atoms with van der Waals surface area (Å²) in [6.45, 7) is 0.158. The summed E-state index contributed by atoms with van der Waals surface area (Å²) in [6, 6.07) is 10.8. The van der Waals surface area contributed by atoms with Crippen LogP contribution in [0, 0.1) is 0 Å². The van der Waals surface area contributed by atoms with Gasteiger partial charge in [0.15, 0.2) is 11.5 Å². The Morgan fingerprint density at radius 3 is 1.81 bits per heavy atom. The lowest BCUT2D eigenvalue weighted by atomic mass is 10.1. The van der Waals surface area contributed by atoms with Crippen LogP contribution in [0.5, 0.6) is 11.5 Å². The number of ether oxygens (including phenoxy) is 2. The molecule has 3 aromatic carbocycles. The molecule has 0 bridgehead atoms. The largest absolute Gasteiger partial charge is 0.486 e. The third kappa shape index (κ3) is 6.07. The van der Waals surface area contributed by atoms with Gasteiger partial charge < -0.3 is 9.47 Å². The van der Waals surface area contributed by atoms with Gasteiger partial charge in [0.1, 0.15) is 6.61 Å². The molecule has 0 heterocycles. The number of halogens is 8. The van der Waals surface area contributed by atoms with Gasteiger partial charge in [-0.1, -0.05) is 34.1 Å². The Kier molecular flexibility index (Phi) is 9.76. The first-order valence-corrected chi connectivity index (χ1v) is 14.5. The smallest absolute Gasteiger partial charge is 0.344 e. The van der Waals surface area contributed by atoms with Crippen molar-refractivity contribution >= 4 is 133 Å². The zero-order chi connectivity index (χ0) is 22.9. The standard InChI is InChI=1S/C20H8Br8O3/c21-9-5-11(22)18(12(23)6-9)31-20(29)10-4-2-1-3-8(10)7-30-19-16(27)14(25)13(24)15(26)17(19)28/h1-6H,7H2. The van der Waals surface area contributed by atoms with Crippen LogP contribution in [0.4, 0.5) is 0 Å². The van der Waals surface area contributed by atoms with Gasteiger partial charge in [-0.25, -0.2) is 4.79 Å². The number of esters is 1. The first kappa shape index (κ1) is 26.4. The lowest BCUT2D eigenvalue weighted by molar-refractivity contribution is 0.0729. The SMILES string of the molecule is O=C(Oc1c(Br)cc(Br)cc1Br)c1ccccc1COc1c(Br)c(Br)c(Br)c(Br)c1Br. The lowest BCUT2D eigenvalue weighted by Crippen LogP contribution is -2.13. The van der Waals surface area contributed by atoms with Crippen LogP contribution in [0.3, 0.4) is 0 Å². The molecular formula is C20H8Br8O3. The molecule has 0 saturated carbocycles. The van der Waals surface area contributed by atoms with Crippen molar-refractivity contribution in [2.75, 3.05) is 0 Å². The average molecular weight is 936 g/mol. The van der Waals surface area contributed by atoms with Gasteiger partial charge in [0.25, 0.3) is 0 Å². The number of benzene rings is 3. The summed E-state index contributed by atoms with van der Waals surface area (Å²) in [4.78, 5) is 13.0. The summed E-state index contributed by atoms with van der Waals surface area (Å²) in [7, 11) is 0. The third-order valence-corrected chi connectivity index (χ3v) is 11.6. The average Bonchev–Trinajstić information content (AvgIpc) is 2.73. The number of hydrogen-bond acceptors (Lipinski definition) is 3. The van der Waals surface area contributed by atoms with E-state index in [4.69, 9.17) is 9.47 Å². The molecule has 3 rings (SSSR count). The highest BCUT2D eigenvalue weighted by atomic mass is 79.9. The maximum atomic E-state index is 13.0. The van der Waals surface area contributed by atoms with Crippen molar-refractivity contribution < 1.29 is 14.3 Å². The van der Waals surface area contributed by atoms with E-state index in [0.29, 0.717) is 31.6 Å². The fraction of sp³-hybridized carbons (Fsp3) is 0.0500. The van der Waals surface area contributed by atoms with Gasteiger partial charge in [0, 0.05) is 14.5 Å². The fourth-order valence-electron chi connectivity index (χ4n) is 2.48. The van der Waals surface area contributed by atoms with Crippen molar-refractivity contribution in [3.05, 3.63) is 83.3 Å². The van der Waals surface area contributed by atoms with Gasteiger partial charge in [-0.15, -0.1) is 0 Å². The molecule has 3 nitrogen and oxygen atoms in total. The normalized spacial score (nSPS) is 10.8. The van der Waals surface area contributed by atoms with Gasteiger partial charge in [0.05, 0.1) is 32.4 Å². The minimum absolute atomic E-state index is 0.158. The summed E-state index contributed by atoms with van der Waals surface area (Å²) in [5.74, 6) is 0.498. The Bertz CT molecular complexity index is 1130. The highest BCUT2D eigenvalue weighted by molar-refractivity contribution is 9.16. The molecule has 0 amide bonds. The molecule has 0 atom stereocenters. The van der Waals surface area contributed by atoms with E-state index in [1.807, 2.05) is 12.1 Å². The zero-order valence-electron chi connectivity index (χ0n) is 14.9. The maximum absolute atomic E-state index is 13.0. The quantitative estimate of drug-likeness (QED) is 0.111. The van der Waals surface area contributed by atoms with E-state index in [9.17, 15) is 4.79 Å². The first-order chi connectivity index (χ1) is 14.6. The van der Waals surface area contributed by atoms with E-state index in [2.05, 4.69) is 127 Å². The highest BCUT2D eigenvalue weighted by Gasteiger charge is 2.21. The molecule has 0 aliphatic rings. The molecule has 0 fully saturated rings. The summed E-state index contributed by atoms with van der Waals surface area (Å²) >= 11 is 27.9. The maximum Gasteiger partial charge on any atom is 0.344 e. The molecular weight excluding hydrogens is 927 g/mol. The van der Waals surface area contributed by atoms with Gasteiger partial charge in [-0.3, -0.25) is 0 Å². The number of carbonyl (C=O) groups excluding carboxylic acids is 1. The van der Waals surface area contributed by atoms with Gasteiger partial charge in [0.2, 0.25) is 0 Å². The summed E-state index contributed by atoms with van der Waals surface area (Å²) < 4.78 is 17.8. The van der Waals surface area contributed by atoms with E-state index >= 15 is 0 Å². The Labute approximate surface area is 246 Å². The second-order valence-electron chi connectivity index (χ2n) is 5.93. The van der Waals surface area contributed by atoms with E-state index in [-0.39, 0.29) is 6.61 Å². The van der Waals surface area contributed by atoms with E-state index in [0.717, 1.165) is 26.8 Å². The van der Waals surface area contributed by atoms with Crippen molar-refractivity contribution in [2.24, 2.45) is 0 Å². The summed E-state index contributed by atoms with van der Waals surface area (Å²) in [5, 5.41) is 0. The molecule has 0 aliphatic heterocycles. The van der Waals surface area contributed by atoms with Gasteiger partial charge in [-0.2, -0.15) is 0 Å². The number of rotatable bonds is 5. The Balaban J connectivity index is 1.88.